The van der Waals surface area contributed by atoms with Crippen molar-refractivity contribution in [3.05, 3.63) is 245 Å². The van der Waals surface area contributed by atoms with Gasteiger partial charge in [0.2, 0.25) is 0 Å². The van der Waals surface area contributed by atoms with E-state index in [-0.39, 0.29) is 0 Å². The van der Waals surface area contributed by atoms with Crippen LogP contribution in [-0.2, 0) is 0 Å². The van der Waals surface area contributed by atoms with Crippen molar-refractivity contribution in [1.82, 2.24) is 0 Å². The molecule has 52 heavy (non-hydrogen) atoms. The van der Waals surface area contributed by atoms with E-state index >= 15 is 0 Å². The minimum Gasteiger partial charge on any atom is -0.310 e. The zero-order valence-electron chi connectivity index (χ0n) is 29.2. The summed E-state index contributed by atoms with van der Waals surface area (Å²) in [5.74, 6) is 0. The Morgan fingerprint density at radius 1 is 0.365 bits per heavy atom. The van der Waals surface area contributed by atoms with Crippen molar-refractivity contribution in [2.45, 2.75) is 6.92 Å². The molecule has 0 aliphatic carbocycles. The third-order valence-electron chi connectivity index (χ3n) is 9.57. The molecule has 0 aromatic heterocycles. The lowest BCUT2D eigenvalue weighted by molar-refractivity contribution is 1.29. The molecule has 8 rings (SSSR count). The van der Waals surface area contributed by atoms with Gasteiger partial charge in [0.25, 0.3) is 0 Å². The van der Waals surface area contributed by atoms with E-state index in [9.17, 15) is 0 Å². The van der Waals surface area contributed by atoms with Crippen LogP contribution in [0.15, 0.2) is 206 Å². The van der Waals surface area contributed by atoms with Crippen LogP contribution in [-0.4, -0.2) is 0 Å². The molecule has 0 fully saturated rings. The van der Waals surface area contributed by atoms with Crippen molar-refractivity contribution < 1.29 is 0 Å². The van der Waals surface area contributed by atoms with Gasteiger partial charge in [0.15, 0.2) is 0 Å². The summed E-state index contributed by atoms with van der Waals surface area (Å²) in [5.41, 5.74) is 14.1. The quantitative estimate of drug-likeness (QED) is 0.139. The molecule has 0 spiro atoms. The second kappa shape index (κ2) is 15.0. The molecule has 8 aromatic rings. The molecule has 0 radical (unpaired) electrons. The predicted octanol–water partition coefficient (Wildman–Crippen LogP) is 13.8. The van der Waals surface area contributed by atoms with E-state index in [2.05, 4.69) is 230 Å². The highest BCUT2D eigenvalue weighted by molar-refractivity contribution is 6.06. The van der Waals surface area contributed by atoms with Gasteiger partial charge in [-0.1, -0.05) is 181 Å². The van der Waals surface area contributed by atoms with Gasteiger partial charge in [0.1, 0.15) is 0 Å². The molecule has 248 valence electrons. The number of hydrogen-bond donors (Lipinski definition) is 0. The van der Waals surface area contributed by atoms with Crippen molar-refractivity contribution >= 4 is 51.1 Å². The number of fused-ring (bicyclic) bond motifs is 1. The Balaban J connectivity index is 1.25. The first-order valence-corrected chi connectivity index (χ1v) is 17.8. The van der Waals surface area contributed by atoms with Crippen LogP contribution in [0.2, 0.25) is 0 Å². The highest BCUT2D eigenvalue weighted by Crippen LogP contribution is 2.41. The van der Waals surface area contributed by atoms with E-state index in [0.717, 1.165) is 22.6 Å². The normalized spacial score (nSPS) is 10.8. The number of aryl methyl sites for hydroxylation is 1. The summed E-state index contributed by atoms with van der Waals surface area (Å²) in [6.45, 7) is 2.14. The van der Waals surface area contributed by atoms with Gasteiger partial charge in [-0.25, -0.2) is 0 Å². The van der Waals surface area contributed by atoms with Crippen LogP contribution in [0.5, 0.6) is 0 Å². The van der Waals surface area contributed by atoms with Crippen molar-refractivity contribution in [3.63, 3.8) is 0 Å². The summed E-state index contributed by atoms with van der Waals surface area (Å²) in [5, 5.41) is 2.40. The molecule has 0 atom stereocenters. The Labute approximate surface area is 307 Å². The molecule has 0 saturated heterocycles. The fraction of sp³-hybridized carbons (Fsp3) is 0.0196. The molecule has 0 saturated carbocycles. The second-order valence-corrected chi connectivity index (χ2v) is 13.1. The zero-order valence-corrected chi connectivity index (χ0v) is 29.2. The van der Waals surface area contributed by atoms with Crippen LogP contribution in [0.1, 0.15) is 38.9 Å². The fourth-order valence-electron chi connectivity index (χ4n) is 6.93. The Hall–Kier alpha value is -6.70. The number of nitrogens with zero attached hydrogens (tertiary/aromatic N) is 1. The molecular weight excluding hydrogens is 627 g/mol. The smallest absolute Gasteiger partial charge is 0.0540 e. The maximum absolute atomic E-state index is 2.38. The predicted molar refractivity (Wildman–Crippen MR) is 223 cm³/mol. The molecule has 0 unspecified atom stereocenters. The summed E-state index contributed by atoms with van der Waals surface area (Å²) in [4.78, 5) is 2.38. The average molecular weight is 666 g/mol. The summed E-state index contributed by atoms with van der Waals surface area (Å²) in [6.07, 6.45) is 4.63. The summed E-state index contributed by atoms with van der Waals surface area (Å²) in [7, 11) is 0. The largest absolute Gasteiger partial charge is 0.310 e. The van der Waals surface area contributed by atoms with Crippen LogP contribution in [0.3, 0.4) is 0 Å². The molecule has 1 nitrogen and oxygen atoms in total. The van der Waals surface area contributed by atoms with Gasteiger partial charge >= 0.3 is 0 Å². The SMILES string of the molecule is Cc1ccc(N(c2ccc(C=C(c3ccccc3)c3ccccc3)cc2)c2ccc(C=C(c3ccccc3)c3ccccc3)c3ccccc23)cc1. The van der Waals surface area contributed by atoms with Crippen molar-refractivity contribution in [3.8, 4) is 0 Å². The van der Waals surface area contributed by atoms with E-state index in [1.807, 2.05) is 0 Å². The van der Waals surface area contributed by atoms with Gasteiger partial charge in [0, 0.05) is 16.8 Å². The van der Waals surface area contributed by atoms with Crippen molar-refractivity contribution in [2.75, 3.05) is 4.90 Å². The number of anilines is 3. The first kappa shape index (κ1) is 32.5. The average Bonchev–Trinajstić information content (AvgIpc) is 3.22. The van der Waals surface area contributed by atoms with Gasteiger partial charge in [-0.15, -0.1) is 0 Å². The zero-order chi connectivity index (χ0) is 35.1. The monoisotopic (exact) mass is 665 g/mol. The first-order chi connectivity index (χ1) is 25.7. The fourth-order valence-corrected chi connectivity index (χ4v) is 6.93. The minimum absolute atomic E-state index is 1.10. The molecule has 1 heteroatoms. The molecular formula is C51H39N. The van der Waals surface area contributed by atoms with Crippen LogP contribution in [0.4, 0.5) is 17.1 Å². The van der Waals surface area contributed by atoms with E-state index in [1.165, 1.54) is 55.3 Å². The Kier molecular flexibility index (Phi) is 9.40. The van der Waals surface area contributed by atoms with Gasteiger partial charge in [0.05, 0.1) is 5.69 Å². The molecule has 0 N–H and O–H groups in total. The third-order valence-corrected chi connectivity index (χ3v) is 9.57. The van der Waals surface area contributed by atoms with E-state index < -0.39 is 0 Å². The highest BCUT2D eigenvalue weighted by Gasteiger charge is 2.17. The lowest BCUT2D eigenvalue weighted by atomic mass is 9.93. The number of rotatable bonds is 9. The number of benzene rings is 8. The van der Waals surface area contributed by atoms with Crippen LogP contribution < -0.4 is 4.90 Å². The third kappa shape index (κ3) is 6.99. The molecule has 8 aromatic carbocycles. The maximum Gasteiger partial charge on any atom is 0.0540 e. The first-order valence-electron chi connectivity index (χ1n) is 17.8. The topological polar surface area (TPSA) is 3.24 Å². The summed E-state index contributed by atoms with van der Waals surface area (Å²) < 4.78 is 0. The second-order valence-electron chi connectivity index (χ2n) is 13.1. The summed E-state index contributed by atoms with van der Waals surface area (Å²) >= 11 is 0. The lowest BCUT2D eigenvalue weighted by Gasteiger charge is -2.27. The van der Waals surface area contributed by atoms with Gasteiger partial charge in [-0.05, 0) is 99.3 Å². The Morgan fingerprint density at radius 3 is 1.25 bits per heavy atom. The lowest BCUT2D eigenvalue weighted by Crippen LogP contribution is -2.10. The Morgan fingerprint density at radius 2 is 0.769 bits per heavy atom. The molecule has 0 aliphatic rings. The molecule has 0 heterocycles. The van der Waals surface area contributed by atoms with Crippen LogP contribution >= 0.6 is 0 Å². The highest BCUT2D eigenvalue weighted by atomic mass is 15.1. The summed E-state index contributed by atoms with van der Waals surface area (Å²) in [6, 6.07) is 73.7. The molecule has 0 aliphatic heterocycles. The minimum atomic E-state index is 1.10. The van der Waals surface area contributed by atoms with Gasteiger partial charge in [-0.3, -0.25) is 0 Å². The number of hydrogen-bond acceptors (Lipinski definition) is 1. The Bertz CT molecular complexity index is 2380. The van der Waals surface area contributed by atoms with Crippen molar-refractivity contribution in [2.24, 2.45) is 0 Å². The van der Waals surface area contributed by atoms with Crippen LogP contribution in [0, 0.1) is 6.92 Å². The maximum atomic E-state index is 2.38. The van der Waals surface area contributed by atoms with Gasteiger partial charge < -0.3 is 4.90 Å². The van der Waals surface area contributed by atoms with E-state index in [1.54, 1.807) is 0 Å². The van der Waals surface area contributed by atoms with E-state index in [4.69, 9.17) is 0 Å². The van der Waals surface area contributed by atoms with Gasteiger partial charge in [-0.2, -0.15) is 0 Å². The van der Waals surface area contributed by atoms with E-state index in [0.29, 0.717) is 0 Å². The van der Waals surface area contributed by atoms with Crippen molar-refractivity contribution in [1.29, 1.82) is 0 Å². The molecule has 0 bridgehead atoms. The molecule has 0 amide bonds. The standard InChI is InChI=1S/C51H39N/c1-38-26-31-45(32-27-38)52(46-33-28-39(29-34-46)36-49(40-16-6-2-7-17-40)41-18-8-3-9-19-41)51-35-30-44(47-24-14-15-25-48(47)51)37-50(42-20-10-4-11-21-42)43-22-12-5-13-23-43/h2-37H,1H3. The van der Waals surface area contributed by atoms with Crippen LogP contribution in [0.25, 0.3) is 34.1 Å².